The first-order valence-electron chi connectivity index (χ1n) is 5.02. The van der Waals surface area contributed by atoms with Crippen LogP contribution in [0.5, 0.6) is 0 Å². The van der Waals surface area contributed by atoms with Crippen molar-refractivity contribution >= 4 is 11.3 Å². The van der Waals surface area contributed by atoms with Crippen LogP contribution in [0, 0.1) is 0 Å². The fraction of sp³-hybridized carbons (Fsp3) is 0.636. The molecular formula is C11H15F3O2S. The summed E-state index contributed by atoms with van der Waals surface area (Å²) >= 11 is 1.37. The molecule has 1 heterocycles. The number of hydrogen-bond acceptors (Lipinski definition) is 3. The highest BCUT2D eigenvalue weighted by Gasteiger charge is 2.45. The summed E-state index contributed by atoms with van der Waals surface area (Å²) in [5.74, 6) is 0. The van der Waals surface area contributed by atoms with Gasteiger partial charge in [0.25, 0.3) is 0 Å². The summed E-state index contributed by atoms with van der Waals surface area (Å²) < 4.78 is 47.7. The predicted octanol–water partition coefficient (Wildman–Crippen LogP) is 3.58. The van der Waals surface area contributed by atoms with Crippen molar-refractivity contribution in [1.29, 1.82) is 0 Å². The van der Waals surface area contributed by atoms with Crippen LogP contribution in [0.2, 0.25) is 0 Å². The van der Waals surface area contributed by atoms with Gasteiger partial charge in [-0.2, -0.15) is 13.2 Å². The first-order valence-corrected chi connectivity index (χ1v) is 5.90. The van der Waals surface area contributed by atoms with E-state index >= 15 is 0 Å². The van der Waals surface area contributed by atoms with E-state index in [2.05, 4.69) is 4.74 Å². The van der Waals surface area contributed by atoms with Gasteiger partial charge in [-0.3, -0.25) is 0 Å². The van der Waals surface area contributed by atoms with Gasteiger partial charge in [0.2, 0.25) is 0 Å². The fourth-order valence-electron chi connectivity index (χ4n) is 1.55. The van der Waals surface area contributed by atoms with Crippen LogP contribution in [0.25, 0.3) is 0 Å². The average molecular weight is 268 g/mol. The third-order valence-electron chi connectivity index (χ3n) is 2.72. The largest absolute Gasteiger partial charge is 0.414 e. The first-order chi connectivity index (χ1) is 7.83. The van der Waals surface area contributed by atoms with Crippen LogP contribution in [0.1, 0.15) is 18.2 Å². The van der Waals surface area contributed by atoms with Gasteiger partial charge >= 0.3 is 6.18 Å². The second-order valence-electron chi connectivity index (χ2n) is 3.88. The molecule has 1 aromatic heterocycles. The fourth-order valence-corrected chi connectivity index (χ4v) is 2.43. The van der Waals surface area contributed by atoms with E-state index in [-0.39, 0.29) is 6.42 Å². The standard InChI is InChI=1S/C11H15F3O2S/c1-10(16-3,9-5-4-6-17-9)7-8(15-2)11(12,13)14/h4-6,8H,7H2,1-3H3. The minimum Gasteiger partial charge on any atom is -0.373 e. The van der Waals surface area contributed by atoms with E-state index in [9.17, 15) is 13.2 Å². The Bertz CT molecular complexity index is 337. The molecule has 0 aromatic carbocycles. The van der Waals surface area contributed by atoms with Gasteiger partial charge < -0.3 is 9.47 Å². The molecule has 1 rings (SSSR count). The molecule has 98 valence electrons. The van der Waals surface area contributed by atoms with E-state index < -0.39 is 17.9 Å². The lowest BCUT2D eigenvalue weighted by Gasteiger charge is -2.31. The number of ether oxygens (including phenoxy) is 2. The second kappa shape index (κ2) is 5.37. The minimum atomic E-state index is -4.38. The molecule has 1 aromatic rings. The maximum Gasteiger partial charge on any atom is 0.414 e. The number of rotatable bonds is 5. The highest BCUT2D eigenvalue weighted by Crippen LogP contribution is 2.37. The SMILES string of the molecule is COC(CC(C)(OC)c1cccs1)C(F)(F)F. The summed E-state index contributed by atoms with van der Waals surface area (Å²) in [6, 6.07) is 3.55. The Morgan fingerprint density at radius 2 is 2.00 bits per heavy atom. The van der Waals surface area contributed by atoms with Crippen molar-refractivity contribution in [3.05, 3.63) is 22.4 Å². The summed E-state index contributed by atoms with van der Waals surface area (Å²) in [7, 11) is 2.46. The summed E-state index contributed by atoms with van der Waals surface area (Å²) in [5, 5.41) is 1.81. The number of hydrogen-bond donors (Lipinski definition) is 0. The lowest BCUT2D eigenvalue weighted by atomic mass is 9.96. The number of thiophene rings is 1. The molecule has 0 aliphatic heterocycles. The monoisotopic (exact) mass is 268 g/mol. The molecule has 17 heavy (non-hydrogen) atoms. The molecule has 0 aliphatic rings. The molecule has 0 N–H and O–H groups in total. The van der Waals surface area contributed by atoms with Crippen LogP contribution in [-0.4, -0.2) is 26.5 Å². The maximum absolute atomic E-state index is 12.7. The molecular weight excluding hydrogens is 253 g/mol. The van der Waals surface area contributed by atoms with Crippen LogP contribution in [0.4, 0.5) is 13.2 Å². The van der Waals surface area contributed by atoms with Crippen LogP contribution in [-0.2, 0) is 15.1 Å². The van der Waals surface area contributed by atoms with Crippen molar-refractivity contribution in [1.82, 2.24) is 0 Å². The van der Waals surface area contributed by atoms with Crippen molar-refractivity contribution in [3.8, 4) is 0 Å². The van der Waals surface area contributed by atoms with E-state index in [1.54, 1.807) is 19.1 Å². The van der Waals surface area contributed by atoms with E-state index in [4.69, 9.17) is 4.74 Å². The Balaban J connectivity index is 2.89. The maximum atomic E-state index is 12.7. The molecule has 2 atom stereocenters. The van der Waals surface area contributed by atoms with Crippen LogP contribution in [0.3, 0.4) is 0 Å². The first kappa shape index (κ1) is 14.5. The summed E-state index contributed by atoms with van der Waals surface area (Å²) in [6.45, 7) is 1.64. The Labute approximate surface area is 102 Å². The summed E-state index contributed by atoms with van der Waals surface area (Å²) in [5.41, 5.74) is -0.982. The van der Waals surface area contributed by atoms with Gasteiger partial charge in [-0.25, -0.2) is 0 Å². The van der Waals surface area contributed by atoms with E-state index in [1.165, 1.54) is 18.4 Å². The van der Waals surface area contributed by atoms with Crippen LogP contribution < -0.4 is 0 Å². The molecule has 0 amide bonds. The van der Waals surface area contributed by atoms with Crippen LogP contribution >= 0.6 is 11.3 Å². The molecule has 0 bridgehead atoms. The summed E-state index contributed by atoms with van der Waals surface area (Å²) in [4.78, 5) is 0.756. The molecule has 0 aliphatic carbocycles. The third-order valence-corrected chi connectivity index (χ3v) is 3.83. The number of methoxy groups -OCH3 is 2. The molecule has 0 fully saturated rings. The van der Waals surface area contributed by atoms with Crippen molar-refractivity contribution < 1.29 is 22.6 Å². The zero-order valence-electron chi connectivity index (χ0n) is 9.88. The normalized spacial score (nSPS) is 17.8. The molecule has 2 nitrogen and oxygen atoms in total. The topological polar surface area (TPSA) is 18.5 Å². The Hall–Kier alpha value is -0.590. The minimum absolute atomic E-state index is 0.260. The zero-order valence-corrected chi connectivity index (χ0v) is 10.7. The summed E-state index contributed by atoms with van der Waals surface area (Å²) in [6.07, 6.45) is -6.47. The van der Waals surface area contributed by atoms with E-state index in [0.29, 0.717) is 0 Å². The van der Waals surface area contributed by atoms with E-state index in [0.717, 1.165) is 12.0 Å². The Morgan fingerprint density at radius 1 is 1.35 bits per heavy atom. The molecule has 0 radical (unpaired) electrons. The van der Waals surface area contributed by atoms with Gasteiger partial charge in [0, 0.05) is 25.5 Å². The lowest BCUT2D eigenvalue weighted by Crippen LogP contribution is -2.38. The molecule has 6 heteroatoms. The molecule has 0 saturated heterocycles. The van der Waals surface area contributed by atoms with Gasteiger partial charge in [0.05, 0.1) is 0 Å². The lowest BCUT2D eigenvalue weighted by molar-refractivity contribution is -0.228. The predicted molar refractivity (Wildman–Crippen MR) is 60.1 cm³/mol. The highest BCUT2D eigenvalue weighted by atomic mass is 32.1. The van der Waals surface area contributed by atoms with Crippen molar-refractivity contribution in [2.75, 3.05) is 14.2 Å². The second-order valence-corrected chi connectivity index (χ2v) is 4.83. The zero-order chi connectivity index (χ0) is 13.1. The third kappa shape index (κ3) is 3.43. The Morgan fingerprint density at radius 3 is 2.35 bits per heavy atom. The van der Waals surface area contributed by atoms with Crippen molar-refractivity contribution in [2.45, 2.75) is 31.2 Å². The highest BCUT2D eigenvalue weighted by molar-refractivity contribution is 7.10. The quantitative estimate of drug-likeness (QED) is 0.812. The Kier molecular flexibility index (Phi) is 4.57. The van der Waals surface area contributed by atoms with Gasteiger partial charge in [-0.15, -0.1) is 11.3 Å². The number of alkyl halides is 3. The number of halogens is 3. The van der Waals surface area contributed by atoms with Crippen LogP contribution in [0.15, 0.2) is 17.5 Å². The van der Waals surface area contributed by atoms with Gasteiger partial charge in [-0.1, -0.05) is 6.07 Å². The van der Waals surface area contributed by atoms with Crippen molar-refractivity contribution in [3.63, 3.8) is 0 Å². The van der Waals surface area contributed by atoms with E-state index in [1.807, 2.05) is 5.38 Å². The molecule has 0 spiro atoms. The molecule has 0 saturated carbocycles. The molecule has 2 unspecified atom stereocenters. The van der Waals surface area contributed by atoms with Crippen molar-refractivity contribution in [2.24, 2.45) is 0 Å². The smallest absolute Gasteiger partial charge is 0.373 e. The average Bonchev–Trinajstić information content (AvgIpc) is 2.77. The van der Waals surface area contributed by atoms with Gasteiger partial charge in [0.15, 0.2) is 6.10 Å². The van der Waals surface area contributed by atoms with Gasteiger partial charge in [-0.05, 0) is 18.4 Å². The van der Waals surface area contributed by atoms with Gasteiger partial charge in [0.1, 0.15) is 5.60 Å².